The van der Waals surface area contributed by atoms with Gasteiger partial charge >= 0.3 is 0 Å². The number of nitrogens with zero attached hydrogens (tertiary/aromatic N) is 2. The van der Waals surface area contributed by atoms with Gasteiger partial charge in [-0.2, -0.15) is 0 Å². The van der Waals surface area contributed by atoms with Crippen molar-refractivity contribution in [2.45, 2.75) is 71.8 Å². The number of likely N-dealkylation sites (tertiary alicyclic amines) is 1. The Kier molecular flexibility index (Phi) is 5.44. The van der Waals surface area contributed by atoms with Crippen molar-refractivity contribution in [2.24, 2.45) is 5.41 Å². The Morgan fingerprint density at radius 1 is 0.949 bits per heavy atom. The number of ketones is 2. The molecule has 2 aromatic carbocycles. The van der Waals surface area contributed by atoms with Crippen LogP contribution in [0.25, 0.3) is 0 Å². The molecule has 0 aromatic heterocycles. The third kappa shape index (κ3) is 3.19. The number of hydrogen-bond donors (Lipinski definition) is 0. The maximum Gasteiger partial charge on any atom is 0.239 e. The van der Waals surface area contributed by atoms with Crippen LogP contribution in [0.2, 0.25) is 0 Å². The largest absolute Gasteiger partial charge is 0.489 e. The molecule has 4 aliphatic heterocycles. The molecule has 0 bridgehead atoms. The molecule has 7 nitrogen and oxygen atoms in total. The van der Waals surface area contributed by atoms with E-state index < -0.39 is 11.1 Å². The van der Waals surface area contributed by atoms with Crippen molar-refractivity contribution in [1.82, 2.24) is 4.90 Å². The zero-order valence-electron chi connectivity index (χ0n) is 23.3. The van der Waals surface area contributed by atoms with Crippen LogP contribution in [0.1, 0.15) is 56.2 Å². The standard InChI is InChI=1S/C32H36N2O5/c1-19-23-17-31(4)30(36)24(18-37-22-11-6-5-7-12-22)20(2)29(35)32(31,33-14-8-9-15-33)39-27(23)21(3)26-28(19)38-25-13-10-16-34(25)26/h5-7,11-12,25H,8-10,13-18H2,1-4H3. The highest BCUT2D eigenvalue weighted by atomic mass is 16.5. The normalized spacial score (nSPS) is 29.5. The minimum atomic E-state index is -1.37. The summed E-state index contributed by atoms with van der Waals surface area (Å²) in [6.07, 6.45) is 4.53. The summed E-state index contributed by atoms with van der Waals surface area (Å²) in [5.41, 5.74) is 2.52. The predicted octanol–water partition coefficient (Wildman–Crippen LogP) is 4.90. The van der Waals surface area contributed by atoms with Gasteiger partial charge in [0.05, 0.1) is 11.1 Å². The van der Waals surface area contributed by atoms with Crippen molar-refractivity contribution < 1.29 is 23.8 Å². The first-order valence-electron chi connectivity index (χ1n) is 14.3. The van der Waals surface area contributed by atoms with E-state index in [-0.39, 0.29) is 24.4 Å². The molecule has 4 heterocycles. The SMILES string of the molecule is CC1=C(COc2ccccc2)C(=O)C2(C)Cc3c(C)c4c(c(C)c3OC2(N2CCCC2)C1=O)N1CCCC1O4. The molecule has 2 saturated heterocycles. The molecule has 0 spiro atoms. The molecular formula is C32H36N2O5. The summed E-state index contributed by atoms with van der Waals surface area (Å²) in [5, 5.41) is 0. The van der Waals surface area contributed by atoms with Gasteiger partial charge < -0.3 is 19.1 Å². The second-order valence-corrected chi connectivity index (χ2v) is 12.0. The number of hydrogen-bond acceptors (Lipinski definition) is 7. The first-order chi connectivity index (χ1) is 18.8. The van der Waals surface area contributed by atoms with Gasteiger partial charge in [-0.25, -0.2) is 0 Å². The highest BCUT2D eigenvalue weighted by molar-refractivity contribution is 6.19. The molecule has 0 N–H and O–H groups in total. The molecule has 0 saturated carbocycles. The van der Waals surface area contributed by atoms with E-state index in [4.69, 9.17) is 14.2 Å². The summed E-state index contributed by atoms with van der Waals surface area (Å²) in [5.74, 6) is 2.16. The van der Waals surface area contributed by atoms with Crippen molar-refractivity contribution in [3.63, 3.8) is 0 Å². The van der Waals surface area contributed by atoms with Gasteiger partial charge in [0.2, 0.25) is 11.5 Å². The molecule has 1 aliphatic carbocycles. The molecule has 7 rings (SSSR count). The van der Waals surface area contributed by atoms with Crippen molar-refractivity contribution in [1.29, 1.82) is 0 Å². The monoisotopic (exact) mass is 528 g/mol. The van der Waals surface area contributed by atoms with E-state index in [2.05, 4.69) is 23.6 Å². The van der Waals surface area contributed by atoms with Gasteiger partial charge in [0.15, 0.2) is 12.0 Å². The molecule has 2 aromatic rings. The second-order valence-electron chi connectivity index (χ2n) is 12.0. The van der Waals surface area contributed by atoms with E-state index in [9.17, 15) is 9.59 Å². The zero-order chi connectivity index (χ0) is 27.1. The van der Waals surface area contributed by atoms with Gasteiger partial charge in [-0.1, -0.05) is 18.2 Å². The first-order valence-corrected chi connectivity index (χ1v) is 14.3. The molecular weight excluding hydrogens is 492 g/mol. The second kappa shape index (κ2) is 8.59. The van der Waals surface area contributed by atoms with Crippen molar-refractivity contribution in [3.8, 4) is 17.2 Å². The number of rotatable bonds is 4. The van der Waals surface area contributed by atoms with Gasteiger partial charge in [-0.3, -0.25) is 14.5 Å². The third-order valence-corrected chi connectivity index (χ3v) is 9.80. The van der Waals surface area contributed by atoms with Crippen LogP contribution in [0.5, 0.6) is 17.2 Å². The van der Waals surface area contributed by atoms with Crippen LogP contribution in [0, 0.1) is 19.3 Å². The van der Waals surface area contributed by atoms with E-state index in [1.54, 1.807) is 6.92 Å². The summed E-state index contributed by atoms with van der Waals surface area (Å²) in [7, 11) is 0. The van der Waals surface area contributed by atoms with Gasteiger partial charge in [-0.15, -0.1) is 0 Å². The van der Waals surface area contributed by atoms with Crippen LogP contribution in [-0.4, -0.2) is 54.7 Å². The number of benzene rings is 2. The molecule has 3 unspecified atom stereocenters. The third-order valence-electron chi connectivity index (χ3n) is 9.80. The smallest absolute Gasteiger partial charge is 0.239 e. The quantitative estimate of drug-likeness (QED) is 0.559. The molecule has 0 radical (unpaired) electrons. The Hall–Kier alpha value is -3.32. The van der Waals surface area contributed by atoms with Gasteiger partial charge in [0.25, 0.3) is 0 Å². The van der Waals surface area contributed by atoms with E-state index in [1.807, 2.05) is 37.3 Å². The van der Waals surface area contributed by atoms with E-state index in [1.165, 1.54) is 0 Å². The number of para-hydroxylation sites is 1. The minimum Gasteiger partial charge on any atom is -0.489 e. The highest BCUT2D eigenvalue weighted by Gasteiger charge is 2.69. The fourth-order valence-corrected chi connectivity index (χ4v) is 7.68. The fourth-order valence-electron chi connectivity index (χ4n) is 7.68. The number of ether oxygens (including phenoxy) is 3. The number of Topliss-reactive ketones (excluding diaryl/α,β-unsaturated/α-hetero) is 2. The van der Waals surface area contributed by atoms with Gasteiger partial charge in [0, 0.05) is 53.9 Å². The fraction of sp³-hybridized carbons (Fsp3) is 0.500. The lowest BCUT2D eigenvalue weighted by Crippen LogP contribution is -2.73. The lowest BCUT2D eigenvalue weighted by atomic mass is 9.60. The summed E-state index contributed by atoms with van der Waals surface area (Å²) in [4.78, 5) is 33.7. The number of carbonyl (C=O) groups is 2. The van der Waals surface area contributed by atoms with Crippen LogP contribution in [0.15, 0.2) is 41.5 Å². The van der Waals surface area contributed by atoms with Crippen LogP contribution in [0.3, 0.4) is 0 Å². The Morgan fingerprint density at radius 2 is 1.69 bits per heavy atom. The average molecular weight is 529 g/mol. The van der Waals surface area contributed by atoms with Crippen LogP contribution < -0.4 is 19.1 Å². The summed E-state index contributed by atoms with van der Waals surface area (Å²) >= 11 is 0. The molecule has 2 fully saturated rings. The maximum atomic E-state index is 14.6. The lowest BCUT2D eigenvalue weighted by Gasteiger charge is -2.56. The van der Waals surface area contributed by atoms with Crippen molar-refractivity contribution in [3.05, 3.63) is 58.2 Å². The number of carbonyl (C=O) groups excluding carboxylic acids is 2. The van der Waals surface area contributed by atoms with Crippen LogP contribution in [0.4, 0.5) is 5.69 Å². The van der Waals surface area contributed by atoms with E-state index >= 15 is 0 Å². The average Bonchev–Trinajstić information content (AvgIpc) is 3.69. The lowest BCUT2D eigenvalue weighted by molar-refractivity contribution is -0.189. The van der Waals surface area contributed by atoms with E-state index in [0.717, 1.165) is 79.2 Å². The zero-order valence-corrected chi connectivity index (χ0v) is 23.3. The highest BCUT2D eigenvalue weighted by Crippen LogP contribution is 2.59. The molecule has 204 valence electrons. The topological polar surface area (TPSA) is 68.3 Å². The first kappa shape index (κ1) is 24.7. The molecule has 7 heteroatoms. The van der Waals surface area contributed by atoms with Crippen LogP contribution in [-0.2, 0) is 16.0 Å². The molecule has 0 amide bonds. The Morgan fingerprint density at radius 3 is 2.44 bits per heavy atom. The maximum absolute atomic E-state index is 14.6. The molecule has 5 aliphatic rings. The minimum absolute atomic E-state index is 0.0561. The molecule has 39 heavy (non-hydrogen) atoms. The van der Waals surface area contributed by atoms with Crippen molar-refractivity contribution >= 4 is 17.3 Å². The van der Waals surface area contributed by atoms with Gasteiger partial charge in [0.1, 0.15) is 23.9 Å². The Labute approximate surface area is 229 Å². The molecule has 3 atom stereocenters. The summed E-state index contributed by atoms with van der Waals surface area (Å²) in [6, 6.07) is 9.43. The Balaban J connectivity index is 1.37. The summed E-state index contributed by atoms with van der Waals surface area (Å²) < 4.78 is 19.5. The van der Waals surface area contributed by atoms with Crippen molar-refractivity contribution in [2.75, 3.05) is 31.1 Å². The predicted molar refractivity (Wildman–Crippen MR) is 148 cm³/mol. The summed E-state index contributed by atoms with van der Waals surface area (Å²) in [6.45, 7) is 10.3. The van der Waals surface area contributed by atoms with Gasteiger partial charge in [-0.05, 0) is 65.5 Å². The number of anilines is 1. The van der Waals surface area contributed by atoms with Crippen LogP contribution >= 0.6 is 0 Å². The Bertz CT molecular complexity index is 1430. The van der Waals surface area contributed by atoms with E-state index in [0.29, 0.717) is 23.3 Å². The number of fused-ring (bicyclic) bond motifs is 5.